The third kappa shape index (κ3) is 1.82. The highest BCUT2D eigenvalue weighted by molar-refractivity contribution is 7.16. The number of fused-ring (bicyclic) bond motifs is 3. The Balaban J connectivity index is 2.50. The van der Waals surface area contributed by atoms with Gasteiger partial charge in [-0.3, -0.25) is 4.79 Å². The molecule has 102 valence electrons. The van der Waals surface area contributed by atoms with E-state index in [-0.39, 0.29) is 17.1 Å². The van der Waals surface area contributed by atoms with Crippen molar-refractivity contribution in [1.82, 2.24) is 0 Å². The second-order valence-corrected chi connectivity index (χ2v) is 5.50. The molecular formula is C15H12O4S. The van der Waals surface area contributed by atoms with E-state index in [0.717, 1.165) is 11.3 Å². The van der Waals surface area contributed by atoms with Crippen LogP contribution in [0.2, 0.25) is 0 Å². The minimum Gasteiger partial charge on any atom is -0.506 e. The zero-order valence-corrected chi connectivity index (χ0v) is 11.6. The summed E-state index contributed by atoms with van der Waals surface area (Å²) in [6, 6.07) is 7.05. The van der Waals surface area contributed by atoms with Gasteiger partial charge < -0.3 is 9.52 Å². The van der Waals surface area contributed by atoms with Gasteiger partial charge in [0.1, 0.15) is 5.75 Å². The highest BCUT2D eigenvalue weighted by Crippen LogP contribution is 2.39. The van der Waals surface area contributed by atoms with Crippen LogP contribution >= 0.6 is 11.3 Å². The summed E-state index contributed by atoms with van der Waals surface area (Å²) in [6.07, 6.45) is 1.01. The number of ketones is 1. The van der Waals surface area contributed by atoms with Crippen LogP contribution in [0.15, 0.2) is 33.5 Å². The maximum atomic E-state index is 12.2. The Morgan fingerprint density at radius 2 is 2.00 bits per heavy atom. The smallest absolute Gasteiger partial charge is 0.396 e. The molecule has 3 aromatic rings. The second kappa shape index (κ2) is 4.76. The van der Waals surface area contributed by atoms with E-state index in [4.69, 9.17) is 4.42 Å². The van der Waals surface area contributed by atoms with Gasteiger partial charge in [0.25, 0.3) is 0 Å². The third-order valence-electron chi connectivity index (χ3n) is 3.22. The second-order valence-electron chi connectivity index (χ2n) is 4.55. The van der Waals surface area contributed by atoms with Crippen LogP contribution in [-0.2, 0) is 0 Å². The molecule has 5 heteroatoms. The van der Waals surface area contributed by atoms with E-state index in [1.807, 2.05) is 6.92 Å². The molecule has 1 aromatic heterocycles. The summed E-state index contributed by atoms with van der Waals surface area (Å²) in [5.41, 5.74) is 0.587. The highest BCUT2D eigenvalue weighted by atomic mass is 32.1. The fraction of sp³-hybridized carbons (Fsp3) is 0.200. The average molecular weight is 288 g/mol. The molecule has 0 saturated heterocycles. The minimum absolute atomic E-state index is 0.0661. The van der Waals surface area contributed by atoms with Crippen LogP contribution in [0.3, 0.4) is 0 Å². The maximum absolute atomic E-state index is 12.2. The molecule has 0 fully saturated rings. The molecule has 0 radical (unpaired) electrons. The number of hydrogen-bond donors (Lipinski definition) is 1. The van der Waals surface area contributed by atoms with E-state index in [1.54, 1.807) is 24.3 Å². The molecule has 2 aromatic carbocycles. The molecule has 0 aliphatic heterocycles. The van der Waals surface area contributed by atoms with Crippen molar-refractivity contribution in [1.29, 1.82) is 0 Å². The molecule has 0 amide bonds. The predicted molar refractivity (Wildman–Crippen MR) is 78.8 cm³/mol. The summed E-state index contributed by atoms with van der Waals surface area (Å²) in [5, 5.41) is 11.6. The first-order valence-electron chi connectivity index (χ1n) is 6.34. The van der Waals surface area contributed by atoms with Gasteiger partial charge in [0.15, 0.2) is 11.4 Å². The number of benzene rings is 2. The molecule has 0 spiro atoms. The van der Waals surface area contributed by atoms with Crippen molar-refractivity contribution < 1.29 is 14.3 Å². The van der Waals surface area contributed by atoms with Gasteiger partial charge in [0.05, 0.1) is 10.3 Å². The van der Waals surface area contributed by atoms with Crippen molar-refractivity contribution in [3.8, 4) is 5.75 Å². The summed E-state index contributed by atoms with van der Waals surface area (Å²) >= 11 is 0.859. The van der Waals surface area contributed by atoms with Gasteiger partial charge in [-0.15, -0.1) is 0 Å². The van der Waals surface area contributed by atoms with Crippen LogP contribution in [0.4, 0.5) is 0 Å². The van der Waals surface area contributed by atoms with Crippen molar-refractivity contribution in [2.24, 2.45) is 0 Å². The zero-order chi connectivity index (χ0) is 14.3. The number of phenolic OH excluding ortho intramolecular Hbond substituents is 1. The zero-order valence-electron chi connectivity index (χ0n) is 10.8. The van der Waals surface area contributed by atoms with Gasteiger partial charge in [-0.05, 0) is 6.42 Å². The van der Waals surface area contributed by atoms with Crippen LogP contribution < -0.4 is 4.94 Å². The lowest BCUT2D eigenvalue weighted by molar-refractivity contribution is 0.0981. The number of aromatic hydroxyl groups is 1. The summed E-state index contributed by atoms with van der Waals surface area (Å²) in [5.74, 6) is -0.235. The first-order valence-corrected chi connectivity index (χ1v) is 7.15. The van der Waals surface area contributed by atoms with Crippen LogP contribution in [0, 0.1) is 0 Å². The Bertz CT molecular complexity index is 873. The molecule has 0 saturated carbocycles. The normalized spacial score (nSPS) is 11.2. The van der Waals surface area contributed by atoms with Crippen molar-refractivity contribution in [2.45, 2.75) is 19.8 Å². The molecule has 0 aliphatic carbocycles. The van der Waals surface area contributed by atoms with Crippen molar-refractivity contribution in [2.75, 3.05) is 0 Å². The molecule has 0 bridgehead atoms. The summed E-state index contributed by atoms with van der Waals surface area (Å²) in [7, 11) is 0. The predicted octanol–water partition coefficient (Wildman–Crippen LogP) is 3.70. The molecule has 1 heterocycles. The lowest BCUT2D eigenvalue weighted by Crippen LogP contribution is -1.99. The molecule has 1 N–H and O–H groups in total. The molecule has 4 nitrogen and oxygen atoms in total. The van der Waals surface area contributed by atoms with Gasteiger partial charge in [-0.25, -0.2) is 4.79 Å². The van der Waals surface area contributed by atoms with Gasteiger partial charge in [-0.1, -0.05) is 42.5 Å². The van der Waals surface area contributed by atoms with Gasteiger partial charge in [0.2, 0.25) is 0 Å². The van der Waals surface area contributed by atoms with Crippen LogP contribution in [0.25, 0.3) is 21.1 Å². The standard InChI is InChI=1S/C15H12O4S/c1-2-5-10(16)11-12(17)8-6-3-4-7-9(8)13-14(11)20-15(18)19-13/h3-4,6-7,17H,2,5H2,1H3. The first kappa shape index (κ1) is 12.9. The molecule has 0 aliphatic rings. The van der Waals surface area contributed by atoms with Crippen molar-refractivity contribution in [3.05, 3.63) is 39.6 Å². The fourth-order valence-electron chi connectivity index (χ4n) is 2.36. The van der Waals surface area contributed by atoms with Gasteiger partial charge in [-0.2, -0.15) is 0 Å². The largest absolute Gasteiger partial charge is 0.506 e. The number of carbonyl (C=O) groups excluding carboxylic acids is 1. The molecule has 0 unspecified atom stereocenters. The Kier molecular flexibility index (Phi) is 3.06. The van der Waals surface area contributed by atoms with Crippen LogP contribution in [-0.4, -0.2) is 10.9 Å². The third-order valence-corrected chi connectivity index (χ3v) is 4.07. The van der Waals surface area contributed by atoms with E-state index in [0.29, 0.717) is 33.9 Å². The Morgan fingerprint density at radius 1 is 1.30 bits per heavy atom. The topological polar surface area (TPSA) is 67.5 Å². The number of carbonyl (C=O) groups is 1. The summed E-state index contributed by atoms with van der Waals surface area (Å²) in [4.78, 5) is 23.3. The molecule has 0 atom stereocenters. The maximum Gasteiger partial charge on any atom is 0.396 e. The summed E-state index contributed by atoms with van der Waals surface area (Å²) in [6.45, 7) is 1.89. The molecule has 20 heavy (non-hydrogen) atoms. The van der Waals surface area contributed by atoms with E-state index < -0.39 is 4.94 Å². The quantitative estimate of drug-likeness (QED) is 0.746. The van der Waals surface area contributed by atoms with E-state index >= 15 is 0 Å². The number of phenols is 1. The van der Waals surface area contributed by atoms with Crippen LogP contribution in [0.1, 0.15) is 30.1 Å². The van der Waals surface area contributed by atoms with E-state index in [9.17, 15) is 14.7 Å². The Hall–Kier alpha value is -2.14. The van der Waals surface area contributed by atoms with Gasteiger partial charge >= 0.3 is 4.94 Å². The number of Topliss-reactive ketones (excluding diaryl/α,β-unsaturated/α-hetero) is 1. The monoisotopic (exact) mass is 288 g/mol. The Morgan fingerprint density at radius 3 is 2.70 bits per heavy atom. The summed E-state index contributed by atoms with van der Waals surface area (Å²) < 4.78 is 5.64. The van der Waals surface area contributed by atoms with E-state index in [2.05, 4.69) is 0 Å². The minimum atomic E-state index is -0.471. The highest BCUT2D eigenvalue weighted by Gasteiger charge is 2.22. The van der Waals surface area contributed by atoms with Crippen molar-refractivity contribution >= 4 is 38.2 Å². The van der Waals surface area contributed by atoms with Crippen molar-refractivity contribution in [3.63, 3.8) is 0 Å². The number of rotatable bonds is 3. The molecule has 3 rings (SSSR count). The Labute approximate surface area is 118 Å². The van der Waals surface area contributed by atoms with Crippen LogP contribution in [0.5, 0.6) is 5.75 Å². The van der Waals surface area contributed by atoms with E-state index in [1.165, 1.54) is 0 Å². The lowest BCUT2D eigenvalue weighted by Gasteiger charge is -2.08. The fourth-order valence-corrected chi connectivity index (χ4v) is 3.21. The number of hydrogen-bond acceptors (Lipinski definition) is 5. The SMILES string of the molecule is CCCC(=O)c1c(O)c2ccccc2c2oc(=O)sc12. The lowest BCUT2D eigenvalue weighted by atomic mass is 10.00. The average Bonchev–Trinajstić information content (AvgIpc) is 2.81. The van der Waals surface area contributed by atoms with Gasteiger partial charge in [0, 0.05) is 17.2 Å². The first-order chi connectivity index (χ1) is 9.63. The molecular weight excluding hydrogens is 276 g/mol.